The van der Waals surface area contributed by atoms with E-state index >= 15 is 0 Å². The number of carbonyl (C=O) groups excluding carboxylic acids is 1. The standard InChI is InChI=1S/C17H23NO5/c1-2-10-23-17(21)13-18-12-14-6-8-15(9-7-14)22-11-4-3-5-16(19)20/h2,6-9,18H,1,3-5,10-13H2,(H,19,20). The van der Waals surface area contributed by atoms with Gasteiger partial charge < -0.3 is 19.9 Å². The van der Waals surface area contributed by atoms with Crippen LogP contribution in [0, 0.1) is 0 Å². The lowest BCUT2D eigenvalue weighted by molar-refractivity contribution is -0.141. The monoisotopic (exact) mass is 321 g/mol. The summed E-state index contributed by atoms with van der Waals surface area (Å²) in [5.74, 6) is -0.351. The molecule has 0 fully saturated rings. The molecule has 0 unspecified atom stereocenters. The number of nitrogens with one attached hydrogen (secondary N) is 1. The zero-order chi connectivity index (χ0) is 16.9. The van der Waals surface area contributed by atoms with Crippen LogP contribution < -0.4 is 10.1 Å². The zero-order valence-electron chi connectivity index (χ0n) is 13.1. The third kappa shape index (κ3) is 9.31. The highest BCUT2D eigenvalue weighted by atomic mass is 16.5. The Morgan fingerprint density at radius 3 is 2.61 bits per heavy atom. The molecule has 0 bridgehead atoms. The number of carbonyl (C=O) groups is 2. The van der Waals surface area contributed by atoms with Gasteiger partial charge in [0.25, 0.3) is 0 Å². The summed E-state index contributed by atoms with van der Waals surface area (Å²) in [5, 5.41) is 11.5. The molecular weight excluding hydrogens is 298 g/mol. The lowest BCUT2D eigenvalue weighted by Gasteiger charge is -2.08. The van der Waals surface area contributed by atoms with Crippen LogP contribution in [0.5, 0.6) is 5.75 Å². The Kier molecular flexibility index (Phi) is 9.16. The maximum absolute atomic E-state index is 11.3. The first-order chi connectivity index (χ1) is 11.1. The van der Waals surface area contributed by atoms with Crippen LogP contribution in [0.2, 0.25) is 0 Å². The number of esters is 1. The van der Waals surface area contributed by atoms with Gasteiger partial charge in [0.15, 0.2) is 0 Å². The quantitative estimate of drug-likeness (QED) is 0.348. The number of aliphatic carboxylic acids is 1. The fourth-order valence-electron chi connectivity index (χ4n) is 1.78. The van der Waals surface area contributed by atoms with Crippen LogP contribution in [-0.2, 0) is 20.9 Å². The van der Waals surface area contributed by atoms with Gasteiger partial charge in [-0.15, -0.1) is 0 Å². The van der Waals surface area contributed by atoms with Gasteiger partial charge in [0.2, 0.25) is 0 Å². The third-order valence-corrected chi connectivity index (χ3v) is 2.94. The maximum Gasteiger partial charge on any atom is 0.320 e. The summed E-state index contributed by atoms with van der Waals surface area (Å²) in [6, 6.07) is 7.53. The summed E-state index contributed by atoms with van der Waals surface area (Å²) in [4.78, 5) is 21.6. The molecule has 23 heavy (non-hydrogen) atoms. The molecule has 1 aromatic rings. The van der Waals surface area contributed by atoms with Crippen molar-refractivity contribution < 1.29 is 24.2 Å². The van der Waals surface area contributed by atoms with Crippen molar-refractivity contribution >= 4 is 11.9 Å². The average molecular weight is 321 g/mol. The van der Waals surface area contributed by atoms with Crippen LogP contribution >= 0.6 is 0 Å². The van der Waals surface area contributed by atoms with Crippen LogP contribution in [0.15, 0.2) is 36.9 Å². The molecule has 1 rings (SSSR count). The molecule has 6 heteroatoms. The molecule has 126 valence electrons. The first kappa shape index (κ1) is 18.7. The van der Waals surface area contributed by atoms with Crippen molar-refractivity contribution in [1.29, 1.82) is 0 Å². The molecular formula is C17H23NO5. The second-order valence-electron chi connectivity index (χ2n) is 4.92. The first-order valence-electron chi connectivity index (χ1n) is 7.52. The van der Waals surface area contributed by atoms with E-state index in [9.17, 15) is 9.59 Å². The Labute approximate surface area is 136 Å². The summed E-state index contributed by atoms with van der Waals surface area (Å²) in [6.07, 6.45) is 3.02. The molecule has 0 radical (unpaired) electrons. The normalized spacial score (nSPS) is 10.1. The minimum atomic E-state index is -0.782. The van der Waals surface area contributed by atoms with E-state index in [2.05, 4.69) is 11.9 Å². The van der Waals surface area contributed by atoms with E-state index in [1.165, 1.54) is 6.08 Å². The number of ether oxygens (including phenoxy) is 2. The summed E-state index contributed by atoms with van der Waals surface area (Å²) < 4.78 is 10.4. The van der Waals surface area contributed by atoms with Crippen LogP contribution in [0.3, 0.4) is 0 Å². The lowest BCUT2D eigenvalue weighted by atomic mass is 10.2. The van der Waals surface area contributed by atoms with Crippen molar-refractivity contribution in [3.8, 4) is 5.75 Å². The molecule has 0 saturated heterocycles. The second-order valence-corrected chi connectivity index (χ2v) is 4.92. The highest BCUT2D eigenvalue weighted by molar-refractivity contribution is 5.71. The smallest absolute Gasteiger partial charge is 0.320 e. The molecule has 0 heterocycles. The van der Waals surface area contributed by atoms with Gasteiger partial charge in [-0.2, -0.15) is 0 Å². The van der Waals surface area contributed by atoms with Gasteiger partial charge in [0.05, 0.1) is 13.2 Å². The van der Waals surface area contributed by atoms with Gasteiger partial charge in [-0.3, -0.25) is 9.59 Å². The Morgan fingerprint density at radius 2 is 1.96 bits per heavy atom. The van der Waals surface area contributed by atoms with E-state index in [0.29, 0.717) is 26.0 Å². The number of carboxylic acids is 1. The van der Waals surface area contributed by atoms with E-state index in [4.69, 9.17) is 14.6 Å². The van der Waals surface area contributed by atoms with E-state index in [1.807, 2.05) is 24.3 Å². The van der Waals surface area contributed by atoms with Crippen molar-refractivity contribution in [2.75, 3.05) is 19.8 Å². The molecule has 0 aliphatic rings. The van der Waals surface area contributed by atoms with Crippen LogP contribution in [0.4, 0.5) is 0 Å². The van der Waals surface area contributed by atoms with Crippen molar-refractivity contribution in [1.82, 2.24) is 5.32 Å². The number of hydrogen-bond acceptors (Lipinski definition) is 5. The largest absolute Gasteiger partial charge is 0.494 e. The Morgan fingerprint density at radius 1 is 1.22 bits per heavy atom. The number of unbranched alkanes of at least 4 members (excludes halogenated alkanes) is 1. The third-order valence-electron chi connectivity index (χ3n) is 2.94. The predicted molar refractivity (Wildman–Crippen MR) is 86.3 cm³/mol. The van der Waals surface area contributed by atoms with Gasteiger partial charge in [-0.25, -0.2) is 0 Å². The van der Waals surface area contributed by atoms with E-state index in [-0.39, 0.29) is 25.5 Å². The van der Waals surface area contributed by atoms with E-state index in [1.54, 1.807) is 0 Å². The van der Waals surface area contributed by atoms with Gasteiger partial charge in [0.1, 0.15) is 12.4 Å². The van der Waals surface area contributed by atoms with Crippen molar-refractivity contribution in [2.45, 2.75) is 25.8 Å². The molecule has 0 spiro atoms. The molecule has 0 aliphatic heterocycles. The van der Waals surface area contributed by atoms with Crippen molar-refractivity contribution in [2.24, 2.45) is 0 Å². The predicted octanol–water partition coefficient (Wildman–Crippen LogP) is 2.14. The maximum atomic E-state index is 11.3. The summed E-state index contributed by atoms with van der Waals surface area (Å²) in [7, 11) is 0. The van der Waals surface area contributed by atoms with Crippen molar-refractivity contribution in [3.05, 3.63) is 42.5 Å². The summed E-state index contributed by atoms with van der Waals surface area (Å²) in [6.45, 7) is 4.90. The van der Waals surface area contributed by atoms with Gasteiger partial charge in [-0.1, -0.05) is 24.8 Å². The summed E-state index contributed by atoms with van der Waals surface area (Å²) in [5.41, 5.74) is 1.03. The highest BCUT2D eigenvalue weighted by Crippen LogP contribution is 2.12. The average Bonchev–Trinajstić information content (AvgIpc) is 2.53. The summed E-state index contributed by atoms with van der Waals surface area (Å²) >= 11 is 0. The Hall–Kier alpha value is -2.34. The topological polar surface area (TPSA) is 84.9 Å². The fourth-order valence-corrected chi connectivity index (χ4v) is 1.78. The number of hydrogen-bond donors (Lipinski definition) is 2. The number of carboxylic acid groups (broad SMARTS) is 1. The van der Waals surface area contributed by atoms with Gasteiger partial charge in [0, 0.05) is 13.0 Å². The van der Waals surface area contributed by atoms with Gasteiger partial charge >= 0.3 is 11.9 Å². The van der Waals surface area contributed by atoms with Crippen LogP contribution in [0.1, 0.15) is 24.8 Å². The number of benzene rings is 1. The van der Waals surface area contributed by atoms with Crippen LogP contribution in [0.25, 0.3) is 0 Å². The molecule has 6 nitrogen and oxygen atoms in total. The van der Waals surface area contributed by atoms with Crippen LogP contribution in [-0.4, -0.2) is 36.8 Å². The zero-order valence-corrected chi connectivity index (χ0v) is 13.1. The van der Waals surface area contributed by atoms with Gasteiger partial charge in [-0.05, 0) is 30.5 Å². The molecule has 0 aliphatic carbocycles. The molecule has 0 amide bonds. The first-order valence-corrected chi connectivity index (χ1v) is 7.52. The number of rotatable bonds is 12. The van der Waals surface area contributed by atoms with E-state index in [0.717, 1.165) is 11.3 Å². The Balaban J connectivity index is 2.19. The van der Waals surface area contributed by atoms with E-state index < -0.39 is 5.97 Å². The highest BCUT2D eigenvalue weighted by Gasteiger charge is 2.02. The second kappa shape index (κ2) is 11.3. The van der Waals surface area contributed by atoms with Crippen molar-refractivity contribution in [3.63, 3.8) is 0 Å². The molecule has 0 saturated carbocycles. The minimum Gasteiger partial charge on any atom is -0.494 e. The minimum absolute atomic E-state index is 0.148. The lowest BCUT2D eigenvalue weighted by Crippen LogP contribution is -2.24. The molecule has 0 aromatic heterocycles. The molecule has 0 atom stereocenters. The molecule has 2 N–H and O–H groups in total. The molecule has 1 aromatic carbocycles. The Bertz CT molecular complexity index is 498. The fraction of sp³-hybridized carbons (Fsp3) is 0.412. The SMILES string of the molecule is C=CCOC(=O)CNCc1ccc(OCCCCC(=O)O)cc1.